The summed E-state index contributed by atoms with van der Waals surface area (Å²) in [7, 11) is 0. The summed E-state index contributed by atoms with van der Waals surface area (Å²) < 4.78 is 5.93. The van der Waals surface area contributed by atoms with Crippen molar-refractivity contribution in [3.05, 3.63) is 46.9 Å². The maximum Gasteiger partial charge on any atom is 0.304 e. The average molecular weight is 558 g/mol. The van der Waals surface area contributed by atoms with E-state index in [-0.39, 0.29) is 31.6 Å². The van der Waals surface area contributed by atoms with Gasteiger partial charge in [-0.3, -0.25) is 29.3 Å². The summed E-state index contributed by atoms with van der Waals surface area (Å²) in [6, 6.07) is 10.8. The van der Waals surface area contributed by atoms with Crippen LogP contribution >= 0.6 is 11.8 Å². The van der Waals surface area contributed by atoms with Gasteiger partial charge < -0.3 is 25.6 Å². The third-order valence-electron chi connectivity index (χ3n) is 5.89. The number of fused-ring (bicyclic) bond motifs is 1. The fourth-order valence-electron chi connectivity index (χ4n) is 4.02. The number of thioether (sulfide) groups is 1. The minimum Gasteiger partial charge on any atom is -0.493 e. The summed E-state index contributed by atoms with van der Waals surface area (Å²) in [6.07, 6.45) is 2.98. The molecular weight excluding hydrogens is 526 g/mol. The molecule has 0 aliphatic carbocycles. The lowest BCUT2D eigenvalue weighted by Crippen LogP contribution is -2.34. The number of carbonyl (C=O) groups excluding carboxylic acids is 3. The predicted octanol–water partition coefficient (Wildman–Crippen LogP) is 3.13. The van der Waals surface area contributed by atoms with E-state index in [1.165, 1.54) is 0 Å². The molecule has 3 amide bonds. The molecule has 1 aliphatic rings. The molecule has 2 aromatic carbocycles. The van der Waals surface area contributed by atoms with Crippen LogP contribution in [0.5, 0.6) is 5.75 Å². The molecule has 0 aromatic heterocycles. The summed E-state index contributed by atoms with van der Waals surface area (Å²) in [6.45, 7) is 1.20. The second kappa shape index (κ2) is 14.9. The Morgan fingerprint density at radius 3 is 2.44 bits per heavy atom. The number of carboxylic acid groups (broad SMARTS) is 2. The topological polar surface area (TPSA) is 171 Å². The van der Waals surface area contributed by atoms with Crippen molar-refractivity contribution in [3.8, 4) is 5.75 Å². The molecule has 1 fully saturated rings. The number of imide groups is 1. The second-order valence-corrected chi connectivity index (χ2v) is 9.90. The first kappa shape index (κ1) is 29.7. The molecule has 3 rings (SSSR count). The Kier molecular flexibility index (Phi) is 11.3. The Morgan fingerprint density at radius 2 is 1.74 bits per heavy atom. The van der Waals surface area contributed by atoms with E-state index in [2.05, 4.69) is 16.0 Å². The number of carboxylic acids is 2. The van der Waals surface area contributed by atoms with Gasteiger partial charge >= 0.3 is 11.9 Å². The fourth-order valence-corrected chi connectivity index (χ4v) is 4.69. The zero-order valence-corrected chi connectivity index (χ0v) is 22.1. The molecule has 0 bridgehead atoms. The minimum absolute atomic E-state index is 0.109. The molecule has 12 heteroatoms. The quantitative estimate of drug-likeness (QED) is 0.153. The summed E-state index contributed by atoms with van der Waals surface area (Å²) in [5, 5.41) is 27.2. The summed E-state index contributed by atoms with van der Waals surface area (Å²) in [5.41, 5.74) is 0.787. The van der Waals surface area contributed by atoms with Gasteiger partial charge in [0.15, 0.2) is 0 Å². The van der Waals surface area contributed by atoms with Gasteiger partial charge in [0.05, 0.1) is 17.9 Å². The molecule has 1 unspecified atom stereocenters. The molecule has 0 saturated carbocycles. The van der Waals surface area contributed by atoms with Crippen molar-refractivity contribution in [3.63, 3.8) is 0 Å². The van der Waals surface area contributed by atoms with E-state index in [1.54, 1.807) is 12.1 Å². The van der Waals surface area contributed by atoms with Crippen molar-refractivity contribution in [2.75, 3.05) is 19.7 Å². The Morgan fingerprint density at radius 1 is 0.974 bits per heavy atom. The minimum atomic E-state index is -0.996. The predicted molar refractivity (Wildman–Crippen MR) is 146 cm³/mol. The van der Waals surface area contributed by atoms with Crippen LogP contribution in [0.1, 0.15) is 44.1 Å². The number of ether oxygens (including phenoxy) is 1. The van der Waals surface area contributed by atoms with Gasteiger partial charge in [-0.1, -0.05) is 30.3 Å². The van der Waals surface area contributed by atoms with Gasteiger partial charge in [-0.05, 0) is 60.7 Å². The highest BCUT2D eigenvalue weighted by atomic mass is 32.2. The second-order valence-electron chi connectivity index (χ2n) is 8.89. The van der Waals surface area contributed by atoms with E-state index in [4.69, 9.17) is 14.9 Å². The Balaban J connectivity index is 1.40. The van der Waals surface area contributed by atoms with Gasteiger partial charge in [0.25, 0.3) is 11.1 Å². The summed E-state index contributed by atoms with van der Waals surface area (Å²) in [4.78, 5) is 57.5. The molecule has 39 heavy (non-hydrogen) atoms. The highest BCUT2D eigenvalue weighted by Gasteiger charge is 2.25. The molecule has 0 spiro atoms. The molecule has 1 aliphatic heterocycles. The van der Waals surface area contributed by atoms with Gasteiger partial charge in [-0.2, -0.15) is 0 Å². The number of hydrogen-bond acceptors (Lipinski definition) is 8. The highest BCUT2D eigenvalue weighted by Crippen LogP contribution is 2.32. The number of nitrogens with one attached hydrogen (secondary N) is 3. The van der Waals surface area contributed by atoms with E-state index >= 15 is 0 Å². The van der Waals surface area contributed by atoms with E-state index < -0.39 is 29.1 Å². The average Bonchev–Trinajstić information content (AvgIpc) is 3.21. The van der Waals surface area contributed by atoms with Crippen molar-refractivity contribution in [1.82, 2.24) is 16.0 Å². The number of rotatable bonds is 16. The first-order valence-electron chi connectivity index (χ1n) is 12.6. The number of amides is 3. The van der Waals surface area contributed by atoms with Gasteiger partial charge in [0, 0.05) is 30.8 Å². The van der Waals surface area contributed by atoms with E-state index in [0.29, 0.717) is 43.2 Å². The maximum atomic E-state index is 12.2. The van der Waals surface area contributed by atoms with Crippen LogP contribution < -0.4 is 20.7 Å². The lowest BCUT2D eigenvalue weighted by molar-refractivity contribution is -0.139. The van der Waals surface area contributed by atoms with Crippen molar-refractivity contribution in [2.45, 2.75) is 44.6 Å². The van der Waals surface area contributed by atoms with Crippen LogP contribution in [-0.2, 0) is 19.2 Å². The smallest absolute Gasteiger partial charge is 0.304 e. The lowest BCUT2D eigenvalue weighted by Gasteiger charge is -2.16. The number of hydrogen-bond donors (Lipinski definition) is 5. The monoisotopic (exact) mass is 557 g/mol. The zero-order chi connectivity index (χ0) is 28.2. The van der Waals surface area contributed by atoms with Gasteiger partial charge in [-0.25, -0.2) is 0 Å². The SMILES string of the molecule is O=C(O)CCC(CC(=O)O)NCCCNC(=O)CCCOc1ccc(C=C2SC(=O)NC2=O)c2ccccc12. The van der Waals surface area contributed by atoms with Gasteiger partial charge in [0.1, 0.15) is 5.75 Å². The Hall–Kier alpha value is -3.90. The molecule has 11 nitrogen and oxygen atoms in total. The largest absolute Gasteiger partial charge is 0.493 e. The molecular formula is C27H31N3O8S. The Labute approximate surface area is 229 Å². The van der Waals surface area contributed by atoms with Crippen LogP contribution in [0.4, 0.5) is 4.79 Å². The summed E-state index contributed by atoms with van der Waals surface area (Å²) in [5.74, 6) is -1.86. The van der Waals surface area contributed by atoms with Crippen LogP contribution in [0, 0.1) is 0 Å². The molecule has 208 valence electrons. The molecule has 1 atom stereocenters. The number of aliphatic carboxylic acids is 2. The zero-order valence-electron chi connectivity index (χ0n) is 21.2. The van der Waals surface area contributed by atoms with Crippen molar-refractivity contribution in [2.24, 2.45) is 0 Å². The van der Waals surface area contributed by atoms with Crippen molar-refractivity contribution >= 4 is 57.6 Å². The maximum absolute atomic E-state index is 12.2. The standard InChI is InChI=1S/C27H31N3O8S/c31-23(29-13-4-12-28-18(16-25(34)35)9-11-24(32)33)7-3-14-38-21-10-8-17(19-5-1-2-6-20(19)21)15-22-26(36)30-27(37)39-22/h1-2,5-6,8,10,15,18,28H,3-4,7,9,11-14,16H2,(H,29,31)(H,32,33)(H,34,35)(H,30,36,37). The van der Waals surface area contributed by atoms with E-state index in [1.807, 2.05) is 30.3 Å². The normalized spacial score (nSPS) is 14.8. The van der Waals surface area contributed by atoms with Crippen LogP contribution in [0.15, 0.2) is 41.3 Å². The first-order chi connectivity index (χ1) is 18.7. The van der Waals surface area contributed by atoms with Crippen LogP contribution in [-0.4, -0.2) is 64.9 Å². The van der Waals surface area contributed by atoms with E-state index in [9.17, 15) is 24.0 Å². The molecule has 0 radical (unpaired) electrons. The molecule has 5 N–H and O–H groups in total. The molecule has 2 aromatic rings. The van der Waals surface area contributed by atoms with Crippen LogP contribution in [0.25, 0.3) is 16.8 Å². The molecule has 1 saturated heterocycles. The van der Waals surface area contributed by atoms with Crippen molar-refractivity contribution < 1.29 is 38.9 Å². The van der Waals surface area contributed by atoms with Crippen molar-refractivity contribution in [1.29, 1.82) is 0 Å². The van der Waals surface area contributed by atoms with E-state index in [0.717, 1.165) is 28.1 Å². The van der Waals surface area contributed by atoms with Crippen LogP contribution in [0.2, 0.25) is 0 Å². The van der Waals surface area contributed by atoms with Gasteiger partial charge in [0.2, 0.25) is 5.91 Å². The fraction of sp³-hybridized carbons (Fsp3) is 0.370. The van der Waals surface area contributed by atoms with Gasteiger partial charge in [-0.15, -0.1) is 0 Å². The highest BCUT2D eigenvalue weighted by molar-refractivity contribution is 8.18. The first-order valence-corrected chi connectivity index (χ1v) is 13.4. The Bertz CT molecular complexity index is 1260. The van der Waals surface area contributed by atoms with Crippen LogP contribution in [0.3, 0.4) is 0 Å². The lowest BCUT2D eigenvalue weighted by atomic mass is 10.0. The third-order valence-corrected chi connectivity index (χ3v) is 6.70. The molecule has 1 heterocycles. The third kappa shape index (κ3) is 9.73. The number of benzene rings is 2. The number of carbonyl (C=O) groups is 5. The summed E-state index contributed by atoms with van der Waals surface area (Å²) >= 11 is 0.863.